The highest BCUT2D eigenvalue weighted by Crippen LogP contribution is 2.50. The summed E-state index contributed by atoms with van der Waals surface area (Å²) in [5.41, 5.74) is -0.0674. The van der Waals surface area contributed by atoms with Gasteiger partial charge < -0.3 is 15.2 Å². The molecule has 182 valence electrons. The first-order valence-electron chi connectivity index (χ1n) is 10.8. The average molecular weight is 489 g/mol. The number of rotatable bonds is 7. The van der Waals surface area contributed by atoms with Gasteiger partial charge in [-0.2, -0.15) is 5.10 Å². The van der Waals surface area contributed by atoms with Crippen molar-refractivity contribution in [2.75, 3.05) is 5.32 Å². The molecule has 0 unspecified atom stereocenters. The molecule has 2 aromatic carbocycles. The molecule has 0 atom stereocenters. The number of amides is 1. The number of alkyl halides is 3. The summed E-state index contributed by atoms with van der Waals surface area (Å²) in [7, 11) is 0. The number of nitrogens with one attached hydrogen (secondary N) is 1. The zero-order valence-electron chi connectivity index (χ0n) is 18.1. The number of aromatic carboxylic acids is 1. The number of nitrogens with zero attached hydrogens (tertiary/aromatic N) is 2. The average Bonchev–Trinajstić information content (AvgIpc) is 3.71. The molecule has 2 saturated carbocycles. The number of benzene rings is 2. The van der Waals surface area contributed by atoms with Crippen LogP contribution in [-0.2, 0) is 10.2 Å². The van der Waals surface area contributed by atoms with E-state index in [0.717, 1.165) is 25.0 Å². The third kappa shape index (κ3) is 4.58. The highest BCUT2D eigenvalue weighted by Gasteiger charge is 2.53. The van der Waals surface area contributed by atoms with Crippen LogP contribution in [0.4, 0.5) is 23.2 Å². The standard InChI is InChI=1S/C24H19F4N3O4/c25-20-10-16(35-24(26,27)28)4-6-19(20)23(7-8-23)22(34)30-14-1-5-17(18(9-14)21(32)33)13-11-29-31(12-13)15-2-3-15/h1,4-6,9-12,15H,2-3,7-8H2,(H,30,34)(H,32,33). The van der Waals surface area contributed by atoms with Gasteiger partial charge in [0.15, 0.2) is 0 Å². The van der Waals surface area contributed by atoms with Gasteiger partial charge in [0, 0.05) is 29.1 Å². The Morgan fingerprint density at radius 3 is 2.49 bits per heavy atom. The van der Waals surface area contributed by atoms with Crippen molar-refractivity contribution in [3.05, 3.63) is 65.7 Å². The third-order valence-corrected chi connectivity index (χ3v) is 6.22. The summed E-state index contributed by atoms with van der Waals surface area (Å²) in [5, 5.41) is 16.6. The summed E-state index contributed by atoms with van der Waals surface area (Å²) in [6.07, 6.45) is 1.04. The molecule has 35 heavy (non-hydrogen) atoms. The second-order valence-electron chi connectivity index (χ2n) is 8.73. The fourth-order valence-electron chi connectivity index (χ4n) is 4.14. The molecule has 0 saturated heterocycles. The number of anilines is 1. The van der Waals surface area contributed by atoms with Gasteiger partial charge in [0.05, 0.1) is 23.2 Å². The number of carbonyl (C=O) groups is 2. The normalized spacial score (nSPS) is 16.6. The van der Waals surface area contributed by atoms with E-state index in [2.05, 4.69) is 15.2 Å². The molecule has 11 heteroatoms. The van der Waals surface area contributed by atoms with E-state index in [-0.39, 0.29) is 16.8 Å². The lowest BCUT2D eigenvalue weighted by Crippen LogP contribution is -2.29. The lowest BCUT2D eigenvalue weighted by atomic mass is 9.94. The van der Waals surface area contributed by atoms with Gasteiger partial charge in [-0.25, -0.2) is 9.18 Å². The number of ether oxygens (including phenoxy) is 1. The predicted molar refractivity (Wildman–Crippen MR) is 116 cm³/mol. The van der Waals surface area contributed by atoms with E-state index >= 15 is 0 Å². The van der Waals surface area contributed by atoms with Gasteiger partial charge in [0.2, 0.25) is 5.91 Å². The van der Waals surface area contributed by atoms with Crippen molar-refractivity contribution >= 4 is 17.6 Å². The molecule has 3 aromatic rings. The Hall–Kier alpha value is -3.89. The van der Waals surface area contributed by atoms with Crippen molar-refractivity contribution in [3.63, 3.8) is 0 Å². The highest BCUT2D eigenvalue weighted by atomic mass is 19.4. The van der Waals surface area contributed by atoms with E-state index in [1.807, 2.05) is 0 Å². The molecule has 0 bridgehead atoms. The lowest BCUT2D eigenvalue weighted by molar-refractivity contribution is -0.274. The van der Waals surface area contributed by atoms with Crippen LogP contribution in [0.25, 0.3) is 11.1 Å². The predicted octanol–water partition coefficient (Wildman–Crippen LogP) is 5.29. The Morgan fingerprint density at radius 2 is 1.89 bits per heavy atom. The van der Waals surface area contributed by atoms with Crippen molar-refractivity contribution in [2.45, 2.75) is 43.5 Å². The van der Waals surface area contributed by atoms with Crippen LogP contribution in [0.3, 0.4) is 0 Å². The minimum Gasteiger partial charge on any atom is -0.478 e. The van der Waals surface area contributed by atoms with E-state index in [1.54, 1.807) is 29.2 Å². The molecule has 1 heterocycles. The van der Waals surface area contributed by atoms with Crippen LogP contribution in [0.5, 0.6) is 5.75 Å². The van der Waals surface area contributed by atoms with Crippen molar-refractivity contribution in [1.82, 2.24) is 9.78 Å². The monoisotopic (exact) mass is 489 g/mol. The Balaban J connectivity index is 1.37. The number of carbonyl (C=O) groups excluding carboxylic acids is 1. The highest BCUT2D eigenvalue weighted by molar-refractivity contribution is 6.03. The molecule has 1 amide bonds. The number of hydrogen-bond donors (Lipinski definition) is 2. The topological polar surface area (TPSA) is 93.5 Å². The van der Waals surface area contributed by atoms with Gasteiger partial charge in [0.1, 0.15) is 11.6 Å². The number of halogens is 4. The summed E-state index contributed by atoms with van der Waals surface area (Å²) in [4.78, 5) is 24.9. The zero-order chi connectivity index (χ0) is 25.0. The smallest absolute Gasteiger partial charge is 0.478 e. The Kier molecular flexibility index (Phi) is 5.30. The maximum Gasteiger partial charge on any atom is 0.573 e. The van der Waals surface area contributed by atoms with Gasteiger partial charge >= 0.3 is 12.3 Å². The molecule has 2 N–H and O–H groups in total. The summed E-state index contributed by atoms with van der Waals surface area (Å²) >= 11 is 0. The minimum atomic E-state index is -4.97. The minimum absolute atomic E-state index is 0.0390. The van der Waals surface area contributed by atoms with Gasteiger partial charge in [-0.3, -0.25) is 9.48 Å². The summed E-state index contributed by atoms with van der Waals surface area (Å²) in [6.45, 7) is 0. The number of carboxylic acids is 1. The Labute approximate surface area is 196 Å². The van der Waals surface area contributed by atoms with Crippen LogP contribution in [0.15, 0.2) is 48.8 Å². The first-order chi connectivity index (χ1) is 16.6. The molecule has 7 nitrogen and oxygen atoms in total. The first kappa shape index (κ1) is 22.9. The zero-order valence-corrected chi connectivity index (χ0v) is 18.1. The van der Waals surface area contributed by atoms with E-state index in [4.69, 9.17) is 0 Å². The molecule has 0 aliphatic heterocycles. The molecule has 1 aromatic heterocycles. The van der Waals surface area contributed by atoms with E-state index in [0.29, 0.717) is 36.1 Å². The fourth-order valence-corrected chi connectivity index (χ4v) is 4.14. The molecule has 2 aliphatic rings. The van der Waals surface area contributed by atoms with Crippen LogP contribution < -0.4 is 10.1 Å². The van der Waals surface area contributed by atoms with Crippen LogP contribution in [0.2, 0.25) is 0 Å². The maximum atomic E-state index is 14.6. The molecule has 0 radical (unpaired) electrons. The number of aromatic nitrogens is 2. The third-order valence-electron chi connectivity index (χ3n) is 6.22. The van der Waals surface area contributed by atoms with Crippen LogP contribution in [-0.4, -0.2) is 33.1 Å². The molecular formula is C24H19F4N3O4. The number of hydrogen-bond acceptors (Lipinski definition) is 4. The van der Waals surface area contributed by atoms with Crippen molar-refractivity contribution < 1.29 is 37.0 Å². The number of carboxylic acid groups (broad SMARTS) is 1. The van der Waals surface area contributed by atoms with Crippen molar-refractivity contribution in [1.29, 1.82) is 0 Å². The van der Waals surface area contributed by atoms with E-state index in [9.17, 15) is 32.3 Å². The maximum absolute atomic E-state index is 14.6. The van der Waals surface area contributed by atoms with Crippen molar-refractivity contribution in [2.24, 2.45) is 0 Å². The second-order valence-corrected chi connectivity index (χ2v) is 8.73. The van der Waals surface area contributed by atoms with Crippen LogP contribution >= 0.6 is 0 Å². The van der Waals surface area contributed by atoms with E-state index in [1.165, 1.54) is 6.07 Å². The Bertz CT molecular complexity index is 1330. The summed E-state index contributed by atoms with van der Waals surface area (Å²) < 4.78 is 57.3. The van der Waals surface area contributed by atoms with Gasteiger partial charge in [-0.1, -0.05) is 12.1 Å². The quantitative estimate of drug-likeness (QED) is 0.440. The largest absolute Gasteiger partial charge is 0.573 e. The molecule has 5 rings (SSSR count). The molecule has 0 spiro atoms. The van der Waals surface area contributed by atoms with Crippen molar-refractivity contribution in [3.8, 4) is 16.9 Å². The molecule has 2 aliphatic carbocycles. The van der Waals surface area contributed by atoms with Crippen LogP contribution in [0.1, 0.15) is 47.6 Å². The fraction of sp³-hybridized carbons (Fsp3) is 0.292. The molecular weight excluding hydrogens is 470 g/mol. The SMILES string of the molecule is O=C(O)c1cc(NC(=O)C2(c3ccc(OC(F)(F)F)cc3F)CC2)ccc1-c1cnn(C2CC2)c1. The lowest BCUT2D eigenvalue weighted by Gasteiger charge is -2.18. The van der Waals surface area contributed by atoms with E-state index < -0.39 is 35.2 Å². The van der Waals surface area contributed by atoms with Crippen LogP contribution in [0, 0.1) is 5.82 Å². The van der Waals surface area contributed by atoms with Gasteiger partial charge in [-0.15, -0.1) is 13.2 Å². The first-order valence-corrected chi connectivity index (χ1v) is 10.8. The van der Waals surface area contributed by atoms with Gasteiger partial charge in [-0.05, 0) is 49.4 Å². The summed E-state index contributed by atoms with van der Waals surface area (Å²) in [6, 6.07) is 7.41. The van der Waals surface area contributed by atoms with Gasteiger partial charge in [0.25, 0.3) is 0 Å². The second kappa shape index (κ2) is 8.10. The summed E-state index contributed by atoms with van der Waals surface area (Å²) in [5.74, 6) is -3.48. The Morgan fingerprint density at radius 1 is 1.14 bits per heavy atom. The molecule has 2 fully saturated rings.